The smallest absolute Gasteiger partial charge is 0.0361 e. The van der Waals surface area contributed by atoms with Gasteiger partial charge in [0.25, 0.3) is 0 Å². The molecule has 1 heterocycles. The van der Waals surface area contributed by atoms with Crippen molar-refractivity contribution in [1.29, 1.82) is 0 Å². The molecule has 0 radical (unpaired) electrons. The molecule has 0 aliphatic carbocycles. The number of aromatic nitrogens is 1. The second kappa shape index (κ2) is 7.44. The maximum atomic E-state index is 4.32. The van der Waals surface area contributed by atoms with Crippen LogP contribution in [0.1, 0.15) is 57.2 Å². The zero-order chi connectivity index (χ0) is 12.7. The molecule has 2 nitrogen and oxygen atoms in total. The van der Waals surface area contributed by atoms with Crippen molar-refractivity contribution in [3.63, 3.8) is 0 Å². The van der Waals surface area contributed by atoms with E-state index >= 15 is 0 Å². The van der Waals surface area contributed by atoms with Crippen molar-refractivity contribution in [3.05, 3.63) is 29.6 Å². The lowest BCUT2D eigenvalue weighted by Crippen LogP contribution is -2.27. The van der Waals surface area contributed by atoms with Crippen LogP contribution in [0.4, 0.5) is 0 Å². The first kappa shape index (κ1) is 14.2. The third-order valence-corrected chi connectivity index (χ3v) is 3.18. The largest absolute Gasteiger partial charge is 0.310 e. The van der Waals surface area contributed by atoms with Gasteiger partial charge in [0.05, 0.1) is 0 Å². The van der Waals surface area contributed by atoms with Gasteiger partial charge in [0.15, 0.2) is 0 Å². The number of hydrogen-bond donors (Lipinski definition) is 1. The van der Waals surface area contributed by atoms with Crippen LogP contribution in [0.3, 0.4) is 0 Å². The first-order valence-electron chi connectivity index (χ1n) is 6.84. The van der Waals surface area contributed by atoms with E-state index in [4.69, 9.17) is 0 Å². The van der Waals surface area contributed by atoms with Crippen molar-refractivity contribution in [1.82, 2.24) is 10.3 Å². The summed E-state index contributed by atoms with van der Waals surface area (Å²) in [6, 6.07) is 2.70. The molecule has 0 aliphatic rings. The van der Waals surface area contributed by atoms with Crippen molar-refractivity contribution in [3.8, 4) is 0 Å². The lowest BCUT2D eigenvalue weighted by Gasteiger charge is -2.25. The molecule has 1 aromatic rings. The highest BCUT2D eigenvalue weighted by molar-refractivity contribution is 5.20. The Morgan fingerprint density at radius 1 is 1.24 bits per heavy atom. The minimum absolute atomic E-state index is 0.447. The second-order valence-electron chi connectivity index (χ2n) is 4.99. The summed E-state index contributed by atoms with van der Waals surface area (Å²) < 4.78 is 0. The van der Waals surface area contributed by atoms with Gasteiger partial charge in [-0.2, -0.15) is 0 Å². The van der Waals surface area contributed by atoms with Gasteiger partial charge in [0.2, 0.25) is 0 Å². The van der Waals surface area contributed by atoms with E-state index in [-0.39, 0.29) is 0 Å². The van der Waals surface area contributed by atoms with E-state index in [1.54, 1.807) is 0 Å². The first-order valence-corrected chi connectivity index (χ1v) is 6.84. The lowest BCUT2D eigenvalue weighted by atomic mass is 9.91. The number of nitrogens with zero attached hydrogens (tertiary/aromatic N) is 1. The van der Waals surface area contributed by atoms with Gasteiger partial charge in [0.1, 0.15) is 0 Å². The number of hydrogen-bond acceptors (Lipinski definition) is 2. The average molecular weight is 234 g/mol. The molecule has 0 fully saturated rings. The number of rotatable bonds is 7. The van der Waals surface area contributed by atoms with Crippen LogP contribution < -0.4 is 5.32 Å². The highest BCUT2D eigenvalue weighted by Gasteiger charge is 2.18. The van der Waals surface area contributed by atoms with E-state index in [1.165, 1.54) is 30.4 Å². The summed E-state index contributed by atoms with van der Waals surface area (Å²) in [6.45, 7) is 9.98. The monoisotopic (exact) mass is 234 g/mol. The Hall–Kier alpha value is -0.890. The molecule has 0 saturated heterocycles. The summed E-state index contributed by atoms with van der Waals surface area (Å²) >= 11 is 0. The molecule has 0 aliphatic heterocycles. The van der Waals surface area contributed by atoms with Gasteiger partial charge in [-0.05, 0) is 43.4 Å². The SMILES string of the molecule is CCCNC(c1cncc(C)c1)C(C)CCC. The molecular weight excluding hydrogens is 208 g/mol. The predicted octanol–water partition coefficient (Wildman–Crippen LogP) is 3.87. The minimum atomic E-state index is 0.447. The van der Waals surface area contributed by atoms with Gasteiger partial charge in [-0.3, -0.25) is 4.98 Å². The molecule has 2 unspecified atom stereocenters. The zero-order valence-corrected chi connectivity index (χ0v) is 11.7. The Bertz CT molecular complexity index is 322. The Kier molecular flexibility index (Phi) is 6.20. The summed E-state index contributed by atoms with van der Waals surface area (Å²) in [7, 11) is 0. The maximum absolute atomic E-state index is 4.32. The number of pyridine rings is 1. The van der Waals surface area contributed by atoms with Crippen LogP contribution >= 0.6 is 0 Å². The fourth-order valence-electron chi connectivity index (χ4n) is 2.32. The van der Waals surface area contributed by atoms with Gasteiger partial charge in [0, 0.05) is 18.4 Å². The van der Waals surface area contributed by atoms with Gasteiger partial charge in [-0.15, -0.1) is 0 Å². The van der Waals surface area contributed by atoms with Crippen molar-refractivity contribution < 1.29 is 0 Å². The van der Waals surface area contributed by atoms with E-state index in [0.29, 0.717) is 12.0 Å². The average Bonchev–Trinajstić information content (AvgIpc) is 2.30. The van der Waals surface area contributed by atoms with E-state index in [2.05, 4.69) is 44.1 Å². The fourth-order valence-corrected chi connectivity index (χ4v) is 2.32. The predicted molar refractivity (Wildman–Crippen MR) is 74.1 cm³/mol. The maximum Gasteiger partial charge on any atom is 0.0361 e. The van der Waals surface area contributed by atoms with Gasteiger partial charge in [-0.25, -0.2) is 0 Å². The second-order valence-corrected chi connectivity index (χ2v) is 4.99. The van der Waals surface area contributed by atoms with Crippen LogP contribution in [0, 0.1) is 12.8 Å². The molecule has 0 amide bonds. The molecule has 0 spiro atoms. The summed E-state index contributed by atoms with van der Waals surface area (Å²) in [5, 5.41) is 3.66. The van der Waals surface area contributed by atoms with Crippen molar-refractivity contribution >= 4 is 0 Å². The molecule has 17 heavy (non-hydrogen) atoms. The van der Waals surface area contributed by atoms with E-state index in [1.807, 2.05) is 12.4 Å². The van der Waals surface area contributed by atoms with Crippen LogP contribution in [-0.2, 0) is 0 Å². The molecule has 2 atom stereocenters. The van der Waals surface area contributed by atoms with Gasteiger partial charge < -0.3 is 5.32 Å². The van der Waals surface area contributed by atoms with Crippen molar-refractivity contribution in [2.75, 3.05) is 6.54 Å². The normalized spacial score (nSPS) is 14.6. The molecule has 0 bridgehead atoms. The van der Waals surface area contributed by atoms with Crippen LogP contribution in [-0.4, -0.2) is 11.5 Å². The third-order valence-electron chi connectivity index (χ3n) is 3.18. The number of aryl methyl sites for hydroxylation is 1. The zero-order valence-electron chi connectivity index (χ0n) is 11.7. The topological polar surface area (TPSA) is 24.9 Å². The molecule has 1 N–H and O–H groups in total. The summed E-state index contributed by atoms with van der Waals surface area (Å²) in [4.78, 5) is 4.32. The Labute approximate surface area is 106 Å². The van der Waals surface area contributed by atoms with Crippen LogP contribution in [0.15, 0.2) is 18.5 Å². The van der Waals surface area contributed by atoms with Crippen LogP contribution in [0.5, 0.6) is 0 Å². The fraction of sp³-hybridized carbons (Fsp3) is 0.667. The van der Waals surface area contributed by atoms with E-state index < -0.39 is 0 Å². The van der Waals surface area contributed by atoms with Gasteiger partial charge >= 0.3 is 0 Å². The quantitative estimate of drug-likeness (QED) is 0.774. The Morgan fingerprint density at radius 3 is 2.59 bits per heavy atom. The van der Waals surface area contributed by atoms with E-state index in [9.17, 15) is 0 Å². The minimum Gasteiger partial charge on any atom is -0.310 e. The molecule has 1 rings (SSSR count). The Balaban J connectivity index is 2.81. The first-order chi connectivity index (χ1) is 8.19. The molecule has 2 heteroatoms. The third kappa shape index (κ3) is 4.47. The summed E-state index contributed by atoms with van der Waals surface area (Å²) in [5.74, 6) is 0.662. The molecule has 0 aromatic carbocycles. The molecular formula is C15H26N2. The van der Waals surface area contributed by atoms with Crippen LogP contribution in [0.25, 0.3) is 0 Å². The molecule has 96 valence electrons. The lowest BCUT2D eigenvalue weighted by molar-refractivity contribution is 0.362. The Morgan fingerprint density at radius 2 is 2.00 bits per heavy atom. The number of nitrogens with one attached hydrogen (secondary N) is 1. The van der Waals surface area contributed by atoms with Crippen LogP contribution in [0.2, 0.25) is 0 Å². The molecule has 1 aromatic heterocycles. The highest BCUT2D eigenvalue weighted by atomic mass is 14.9. The van der Waals surface area contributed by atoms with E-state index in [0.717, 1.165) is 6.54 Å². The van der Waals surface area contributed by atoms with Gasteiger partial charge in [-0.1, -0.05) is 33.3 Å². The molecule has 0 saturated carbocycles. The summed E-state index contributed by atoms with van der Waals surface area (Å²) in [5.41, 5.74) is 2.58. The standard InChI is InChI=1S/C15H26N2/c1-5-7-13(4)15(17-8-6-2)14-9-12(3)10-16-11-14/h9-11,13,15,17H,5-8H2,1-4H3. The summed E-state index contributed by atoms with van der Waals surface area (Å²) in [6.07, 6.45) is 7.60. The van der Waals surface area contributed by atoms with Crippen molar-refractivity contribution in [2.45, 2.75) is 53.0 Å². The van der Waals surface area contributed by atoms with Crippen molar-refractivity contribution in [2.24, 2.45) is 5.92 Å². The highest BCUT2D eigenvalue weighted by Crippen LogP contribution is 2.25.